The van der Waals surface area contributed by atoms with E-state index in [9.17, 15) is 8.78 Å². The third-order valence-corrected chi connectivity index (χ3v) is 4.77. The number of halogens is 2. The molecular formula is C18H30F2N4S2. The molecule has 0 unspecified atom stereocenters. The van der Waals surface area contributed by atoms with E-state index >= 15 is 0 Å². The van der Waals surface area contributed by atoms with Crippen LogP contribution >= 0.6 is 24.0 Å². The summed E-state index contributed by atoms with van der Waals surface area (Å²) >= 11 is 6.13. The minimum absolute atomic E-state index is 0.546. The van der Waals surface area contributed by atoms with Crippen molar-refractivity contribution >= 4 is 34.8 Å². The van der Waals surface area contributed by atoms with Gasteiger partial charge in [-0.15, -0.1) is 0 Å². The van der Waals surface area contributed by atoms with Crippen LogP contribution < -0.4 is 5.32 Å². The molecule has 0 aromatic heterocycles. The molecule has 4 nitrogen and oxygen atoms in total. The van der Waals surface area contributed by atoms with Crippen molar-refractivity contribution in [3.8, 4) is 0 Å². The summed E-state index contributed by atoms with van der Waals surface area (Å²) in [5.41, 5.74) is 0.818. The van der Waals surface area contributed by atoms with Gasteiger partial charge in [-0.2, -0.15) is 8.78 Å². The van der Waals surface area contributed by atoms with Crippen LogP contribution in [0.25, 0.3) is 0 Å². The van der Waals surface area contributed by atoms with Gasteiger partial charge < -0.3 is 20.0 Å². The van der Waals surface area contributed by atoms with Crippen molar-refractivity contribution in [3.05, 3.63) is 24.3 Å². The summed E-state index contributed by atoms with van der Waals surface area (Å²) in [5, 5.41) is 3.91. The molecule has 0 bridgehead atoms. The van der Waals surface area contributed by atoms with Gasteiger partial charge in [-0.25, -0.2) is 0 Å². The molecule has 0 aliphatic heterocycles. The van der Waals surface area contributed by atoms with Crippen molar-refractivity contribution in [3.63, 3.8) is 0 Å². The number of hydrogen-bond donors (Lipinski definition) is 1. The first-order chi connectivity index (χ1) is 12.3. The van der Waals surface area contributed by atoms with Crippen molar-refractivity contribution in [1.29, 1.82) is 0 Å². The number of thiocarbonyl (C=S) groups is 1. The van der Waals surface area contributed by atoms with Gasteiger partial charge in [0.05, 0.1) is 0 Å². The molecule has 1 aromatic carbocycles. The van der Waals surface area contributed by atoms with Crippen LogP contribution in [0.2, 0.25) is 0 Å². The average molecular weight is 405 g/mol. The molecule has 0 saturated carbocycles. The number of nitrogens with one attached hydrogen (secondary N) is 1. The second kappa shape index (κ2) is 12.4. The molecule has 0 spiro atoms. The highest BCUT2D eigenvalue weighted by Crippen LogP contribution is 2.26. The Bertz CT molecular complexity index is 510. The lowest BCUT2D eigenvalue weighted by Crippen LogP contribution is -2.38. The van der Waals surface area contributed by atoms with Crippen LogP contribution in [0.3, 0.4) is 0 Å². The zero-order valence-electron chi connectivity index (χ0n) is 16.0. The third kappa shape index (κ3) is 10.3. The van der Waals surface area contributed by atoms with Crippen LogP contribution in [0.4, 0.5) is 14.5 Å². The average Bonchev–Trinajstić information content (AvgIpc) is 2.54. The molecule has 0 aliphatic rings. The third-order valence-electron chi connectivity index (χ3n) is 3.68. The van der Waals surface area contributed by atoms with Crippen LogP contribution in [-0.2, 0) is 0 Å². The van der Waals surface area contributed by atoms with Crippen molar-refractivity contribution in [2.75, 3.05) is 59.7 Å². The number of rotatable bonds is 11. The lowest BCUT2D eigenvalue weighted by molar-refractivity contribution is 0.252. The Morgan fingerprint density at radius 3 is 1.88 bits per heavy atom. The predicted molar refractivity (Wildman–Crippen MR) is 112 cm³/mol. The fourth-order valence-electron chi connectivity index (χ4n) is 2.39. The molecule has 1 aromatic rings. The van der Waals surface area contributed by atoms with E-state index in [2.05, 4.69) is 48.2 Å². The lowest BCUT2D eigenvalue weighted by Gasteiger charge is -2.27. The summed E-state index contributed by atoms with van der Waals surface area (Å²) in [4.78, 5) is 7.05. The van der Waals surface area contributed by atoms with Gasteiger partial charge in [-0.3, -0.25) is 0 Å². The highest BCUT2D eigenvalue weighted by molar-refractivity contribution is 7.99. The standard InChI is InChI=1S/C18H30F2N4S2/c1-22(2)11-5-13-24(14-6-12-23(3)4)18(25)21-15-7-9-16(10-8-15)26-17(19)20/h7-10,17H,5-6,11-14H2,1-4H3,(H,21,25). The molecule has 0 saturated heterocycles. The Balaban J connectivity index is 2.61. The first-order valence-corrected chi connectivity index (χ1v) is 9.97. The van der Waals surface area contributed by atoms with Crippen LogP contribution in [0.5, 0.6) is 0 Å². The van der Waals surface area contributed by atoms with E-state index in [1.54, 1.807) is 24.3 Å². The summed E-state index contributed by atoms with van der Waals surface area (Å²) in [5.74, 6) is -2.40. The van der Waals surface area contributed by atoms with E-state index in [4.69, 9.17) is 12.2 Å². The van der Waals surface area contributed by atoms with Crippen molar-refractivity contribution < 1.29 is 8.78 Å². The van der Waals surface area contributed by atoms with E-state index < -0.39 is 5.76 Å². The SMILES string of the molecule is CN(C)CCCN(CCCN(C)C)C(=S)Nc1ccc(SC(F)F)cc1. The van der Waals surface area contributed by atoms with Crippen LogP contribution in [-0.4, -0.2) is 79.9 Å². The molecule has 0 heterocycles. The summed E-state index contributed by atoms with van der Waals surface area (Å²) < 4.78 is 24.8. The number of thioether (sulfide) groups is 1. The fraction of sp³-hybridized carbons (Fsp3) is 0.611. The quantitative estimate of drug-likeness (QED) is 0.443. The van der Waals surface area contributed by atoms with Crippen molar-refractivity contribution in [2.45, 2.75) is 23.5 Å². The molecule has 26 heavy (non-hydrogen) atoms. The molecule has 0 aliphatic carbocycles. The molecule has 0 fully saturated rings. The Morgan fingerprint density at radius 2 is 1.46 bits per heavy atom. The Labute approximate surface area is 165 Å². The second-order valence-electron chi connectivity index (χ2n) is 6.63. The van der Waals surface area contributed by atoms with Gasteiger partial charge in [0, 0.05) is 23.7 Å². The Kier molecular flexibility index (Phi) is 11.0. The predicted octanol–water partition coefficient (Wildman–Crippen LogP) is 3.90. The van der Waals surface area contributed by atoms with E-state index in [-0.39, 0.29) is 0 Å². The number of nitrogens with zero attached hydrogens (tertiary/aromatic N) is 3. The van der Waals surface area contributed by atoms with E-state index in [1.165, 1.54) is 0 Å². The summed E-state index contributed by atoms with van der Waals surface area (Å²) in [6.45, 7) is 3.78. The second-order valence-corrected chi connectivity index (χ2v) is 8.08. The molecular weight excluding hydrogens is 374 g/mol. The molecule has 0 amide bonds. The van der Waals surface area contributed by atoms with Gasteiger partial charge in [0.15, 0.2) is 5.11 Å². The maximum Gasteiger partial charge on any atom is 0.288 e. The smallest absolute Gasteiger partial charge is 0.288 e. The van der Waals surface area contributed by atoms with Crippen LogP contribution in [0.1, 0.15) is 12.8 Å². The Morgan fingerprint density at radius 1 is 0.962 bits per heavy atom. The highest BCUT2D eigenvalue weighted by Gasteiger charge is 2.11. The zero-order chi connectivity index (χ0) is 19.5. The number of hydrogen-bond acceptors (Lipinski definition) is 4. The van der Waals surface area contributed by atoms with Crippen LogP contribution in [0.15, 0.2) is 29.2 Å². The first kappa shape index (κ1) is 23.1. The molecule has 8 heteroatoms. The zero-order valence-corrected chi connectivity index (χ0v) is 17.7. The van der Waals surface area contributed by atoms with Gasteiger partial charge in [0.1, 0.15) is 0 Å². The van der Waals surface area contributed by atoms with Gasteiger partial charge in [-0.1, -0.05) is 11.8 Å². The monoisotopic (exact) mass is 404 g/mol. The van der Waals surface area contributed by atoms with Gasteiger partial charge in [-0.05, 0) is 90.6 Å². The van der Waals surface area contributed by atoms with E-state index in [0.29, 0.717) is 21.8 Å². The molecule has 148 valence electrons. The van der Waals surface area contributed by atoms with Gasteiger partial charge >= 0.3 is 0 Å². The van der Waals surface area contributed by atoms with Crippen molar-refractivity contribution in [2.24, 2.45) is 0 Å². The maximum atomic E-state index is 12.4. The summed E-state index contributed by atoms with van der Waals surface area (Å²) in [7, 11) is 8.25. The lowest BCUT2D eigenvalue weighted by atomic mass is 10.3. The summed E-state index contributed by atoms with van der Waals surface area (Å²) in [6, 6.07) is 6.94. The number of anilines is 1. The minimum Gasteiger partial charge on any atom is -0.349 e. The molecule has 1 rings (SSSR count). The fourth-order valence-corrected chi connectivity index (χ4v) is 3.19. The largest absolute Gasteiger partial charge is 0.349 e. The molecule has 0 radical (unpaired) electrons. The Hall–Kier alpha value is -0.960. The topological polar surface area (TPSA) is 21.8 Å². The summed E-state index contributed by atoms with van der Waals surface area (Å²) in [6.07, 6.45) is 2.06. The normalized spacial score (nSPS) is 11.4. The van der Waals surface area contributed by atoms with Crippen molar-refractivity contribution in [1.82, 2.24) is 14.7 Å². The molecule has 0 atom stereocenters. The number of alkyl halides is 2. The van der Waals surface area contributed by atoms with Gasteiger partial charge in [0.25, 0.3) is 5.76 Å². The minimum atomic E-state index is -2.40. The van der Waals surface area contributed by atoms with E-state index in [1.807, 2.05) is 0 Å². The van der Waals surface area contributed by atoms with Gasteiger partial charge in [0.2, 0.25) is 0 Å². The van der Waals surface area contributed by atoms with E-state index in [0.717, 1.165) is 44.7 Å². The first-order valence-electron chi connectivity index (χ1n) is 8.68. The molecule has 1 N–H and O–H groups in total. The maximum absolute atomic E-state index is 12.4. The number of benzene rings is 1. The van der Waals surface area contributed by atoms with Crippen LogP contribution in [0, 0.1) is 0 Å². The highest BCUT2D eigenvalue weighted by atomic mass is 32.2.